The van der Waals surface area contributed by atoms with Crippen LogP contribution >= 0.6 is 11.3 Å². The van der Waals surface area contributed by atoms with Gasteiger partial charge in [-0.3, -0.25) is 4.79 Å². The fourth-order valence-electron chi connectivity index (χ4n) is 1.38. The quantitative estimate of drug-likeness (QED) is 0.775. The van der Waals surface area contributed by atoms with Gasteiger partial charge < -0.3 is 11.1 Å². The minimum absolute atomic E-state index is 0.0783. The van der Waals surface area contributed by atoms with Crippen LogP contribution in [-0.2, 0) is 17.6 Å². The molecule has 1 amide bonds. The van der Waals surface area contributed by atoms with E-state index >= 15 is 0 Å². The molecule has 1 aromatic rings. The van der Waals surface area contributed by atoms with Gasteiger partial charge in [0.05, 0.1) is 5.01 Å². The molecule has 0 radical (unpaired) electrons. The van der Waals surface area contributed by atoms with Crippen LogP contribution in [0, 0.1) is 0 Å². The maximum Gasteiger partial charge on any atom is 0.220 e. The molecule has 0 saturated heterocycles. The highest BCUT2D eigenvalue weighted by molar-refractivity contribution is 7.11. The van der Waals surface area contributed by atoms with Crippen LogP contribution in [0.3, 0.4) is 0 Å². The van der Waals surface area contributed by atoms with Crippen LogP contribution in [0.5, 0.6) is 0 Å². The molecule has 1 heterocycles. The number of hydrogen-bond acceptors (Lipinski definition) is 4. The Morgan fingerprint density at radius 3 is 3.00 bits per heavy atom. The molecule has 17 heavy (non-hydrogen) atoms. The lowest BCUT2D eigenvalue weighted by Gasteiger charge is -2.05. The second-order valence-corrected chi connectivity index (χ2v) is 5.39. The normalized spacial score (nSPS) is 12.4. The summed E-state index contributed by atoms with van der Waals surface area (Å²) in [7, 11) is 0. The van der Waals surface area contributed by atoms with Gasteiger partial charge in [0.15, 0.2) is 0 Å². The summed E-state index contributed by atoms with van der Waals surface area (Å²) in [5, 5.41) is 3.98. The van der Waals surface area contributed by atoms with E-state index in [0.717, 1.165) is 24.3 Å². The Morgan fingerprint density at radius 1 is 1.65 bits per heavy atom. The van der Waals surface area contributed by atoms with Crippen molar-refractivity contribution in [3.63, 3.8) is 0 Å². The van der Waals surface area contributed by atoms with E-state index in [1.54, 1.807) is 11.3 Å². The molecule has 0 aliphatic carbocycles. The van der Waals surface area contributed by atoms with Crippen molar-refractivity contribution in [2.75, 3.05) is 6.54 Å². The lowest BCUT2D eigenvalue weighted by molar-refractivity contribution is -0.121. The molecule has 0 bridgehead atoms. The predicted molar refractivity (Wildman–Crippen MR) is 71.1 cm³/mol. The molecule has 0 aliphatic heterocycles. The minimum Gasteiger partial charge on any atom is -0.356 e. The first-order valence-electron chi connectivity index (χ1n) is 6.07. The van der Waals surface area contributed by atoms with E-state index in [1.165, 1.54) is 4.88 Å². The summed E-state index contributed by atoms with van der Waals surface area (Å²) < 4.78 is 0. The molecule has 0 saturated carbocycles. The summed E-state index contributed by atoms with van der Waals surface area (Å²) in [5.41, 5.74) is 5.59. The average Bonchev–Trinajstić information content (AvgIpc) is 2.74. The van der Waals surface area contributed by atoms with E-state index in [4.69, 9.17) is 5.73 Å². The van der Waals surface area contributed by atoms with Crippen molar-refractivity contribution in [1.82, 2.24) is 10.3 Å². The second-order valence-electron chi connectivity index (χ2n) is 4.19. The van der Waals surface area contributed by atoms with Gasteiger partial charge in [0.25, 0.3) is 0 Å². The van der Waals surface area contributed by atoms with Crippen LogP contribution in [0.2, 0.25) is 0 Å². The van der Waals surface area contributed by atoms with E-state index in [-0.39, 0.29) is 11.9 Å². The Morgan fingerprint density at radius 2 is 2.41 bits per heavy atom. The van der Waals surface area contributed by atoms with Gasteiger partial charge in [0.2, 0.25) is 5.91 Å². The van der Waals surface area contributed by atoms with Gasteiger partial charge in [0.1, 0.15) is 0 Å². The number of carbonyl (C=O) groups excluding carboxylic acids is 1. The number of aromatic nitrogens is 1. The van der Waals surface area contributed by atoms with Gasteiger partial charge in [-0.1, -0.05) is 6.92 Å². The zero-order valence-electron chi connectivity index (χ0n) is 10.5. The SMILES string of the molecule is CCc1cnc(CCNC(=O)CCC(C)N)s1. The summed E-state index contributed by atoms with van der Waals surface area (Å²) in [5.74, 6) is 0.0783. The number of thiazole rings is 1. The number of nitrogens with zero attached hydrogens (tertiary/aromatic N) is 1. The van der Waals surface area contributed by atoms with Crippen LogP contribution in [0.4, 0.5) is 0 Å². The summed E-state index contributed by atoms with van der Waals surface area (Å²) in [4.78, 5) is 17.0. The topological polar surface area (TPSA) is 68.0 Å². The highest BCUT2D eigenvalue weighted by Gasteiger charge is 2.04. The summed E-state index contributed by atoms with van der Waals surface area (Å²) in [6.07, 6.45) is 5.00. The number of carbonyl (C=O) groups is 1. The number of nitrogens with one attached hydrogen (secondary N) is 1. The summed E-state index contributed by atoms with van der Waals surface area (Å²) >= 11 is 1.72. The van der Waals surface area contributed by atoms with E-state index < -0.39 is 0 Å². The van der Waals surface area contributed by atoms with Crippen molar-refractivity contribution in [2.45, 2.75) is 45.6 Å². The Balaban J connectivity index is 2.16. The van der Waals surface area contributed by atoms with Gasteiger partial charge in [-0.25, -0.2) is 4.98 Å². The largest absolute Gasteiger partial charge is 0.356 e. The van der Waals surface area contributed by atoms with Gasteiger partial charge in [-0.05, 0) is 19.8 Å². The van der Waals surface area contributed by atoms with Crippen LogP contribution in [0.1, 0.15) is 36.6 Å². The monoisotopic (exact) mass is 255 g/mol. The molecule has 0 fully saturated rings. The molecule has 4 nitrogen and oxygen atoms in total. The molecule has 3 N–H and O–H groups in total. The Hall–Kier alpha value is -0.940. The molecule has 1 atom stereocenters. The van der Waals surface area contributed by atoms with Crippen molar-refractivity contribution < 1.29 is 4.79 Å². The van der Waals surface area contributed by atoms with Crippen LogP contribution in [-0.4, -0.2) is 23.5 Å². The van der Waals surface area contributed by atoms with Crippen molar-refractivity contribution in [3.05, 3.63) is 16.1 Å². The molecule has 1 unspecified atom stereocenters. The zero-order valence-corrected chi connectivity index (χ0v) is 11.3. The minimum atomic E-state index is 0.0783. The van der Waals surface area contributed by atoms with E-state index in [9.17, 15) is 4.79 Å². The highest BCUT2D eigenvalue weighted by Crippen LogP contribution is 2.13. The summed E-state index contributed by atoms with van der Waals surface area (Å²) in [6, 6.07) is 0.0897. The molecule has 5 heteroatoms. The van der Waals surface area contributed by atoms with Crippen molar-refractivity contribution in [3.8, 4) is 0 Å². The fourth-order valence-corrected chi connectivity index (χ4v) is 2.24. The molecule has 0 aromatic carbocycles. The van der Waals surface area contributed by atoms with Crippen molar-refractivity contribution >= 4 is 17.2 Å². The molecule has 0 aliphatic rings. The molecule has 1 rings (SSSR count). The number of rotatable bonds is 7. The van der Waals surface area contributed by atoms with Gasteiger partial charge in [-0.15, -0.1) is 11.3 Å². The van der Waals surface area contributed by atoms with Gasteiger partial charge in [0, 0.05) is 36.5 Å². The fraction of sp³-hybridized carbons (Fsp3) is 0.667. The van der Waals surface area contributed by atoms with E-state index in [1.807, 2.05) is 13.1 Å². The first-order valence-corrected chi connectivity index (χ1v) is 6.89. The van der Waals surface area contributed by atoms with Crippen LogP contribution in [0.25, 0.3) is 0 Å². The zero-order chi connectivity index (χ0) is 12.7. The van der Waals surface area contributed by atoms with Crippen LogP contribution in [0.15, 0.2) is 6.20 Å². The Bertz CT molecular complexity index is 349. The third-order valence-electron chi connectivity index (χ3n) is 2.44. The third-order valence-corrected chi connectivity index (χ3v) is 3.64. The first kappa shape index (κ1) is 14.1. The van der Waals surface area contributed by atoms with Crippen LogP contribution < -0.4 is 11.1 Å². The molecule has 1 aromatic heterocycles. The van der Waals surface area contributed by atoms with Gasteiger partial charge >= 0.3 is 0 Å². The number of amides is 1. The highest BCUT2D eigenvalue weighted by atomic mass is 32.1. The lowest BCUT2D eigenvalue weighted by Crippen LogP contribution is -2.27. The third kappa shape index (κ3) is 5.79. The van der Waals surface area contributed by atoms with Crippen molar-refractivity contribution in [2.24, 2.45) is 5.73 Å². The van der Waals surface area contributed by atoms with E-state index in [0.29, 0.717) is 13.0 Å². The maximum atomic E-state index is 11.4. The maximum absolute atomic E-state index is 11.4. The second kappa shape index (κ2) is 7.40. The number of aryl methyl sites for hydroxylation is 1. The standard InChI is InChI=1S/C12H21N3OS/c1-3-10-8-15-12(17-10)6-7-14-11(16)5-4-9(2)13/h8-9H,3-7,13H2,1-2H3,(H,14,16). The first-order chi connectivity index (χ1) is 8.11. The Labute approximate surface area is 107 Å². The van der Waals surface area contributed by atoms with E-state index in [2.05, 4.69) is 17.2 Å². The molecular weight excluding hydrogens is 234 g/mol. The summed E-state index contributed by atoms with van der Waals surface area (Å²) in [6.45, 7) is 4.69. The Kier molecular flexibility index (Phi) is 6.15. The molecule has 96 valence electrons. The number of nitrogens with two attached hydrogens (primary N) is 1. The van der Waals surface area contributed by atoms with Gasteiger partial charge in [-0.2, -0.15) is 0 Å². The smallest absolute Gasteiger partial charge is 0.220 e. The average molecular weight is 255 g/mol. The predicted octanol–water partition coefficient (Wildman–Crippen LogP) is 1.49. The van der Waals surface area contributed by atoms with Crippen molar-refractivity contribution in [1.29, 1.82) is 0 Å². The lowest BCUT2D eigenvalue weighted by atomic mass is 10.2. The number of hydrogen-bond donors (Lipinski definition) is 2. The molecular formula is C12H21N3OS. The molecule has 0 spiro atoms.